The summed E-state index contributed by atoms with van der Waals surface area (Å²) in [7, 11) is 0. The Balaban J connectivity index is 1.82. The molecule has 3 rings (SSSR count). The highest BCUT2D eigenvalue weighted by Gasteiger charge is 2.25. The molecule has 2 aromatic rings. The van der Waals surface area contributed by atoms with Crippen LogP contribution < -0.4 is 9.47 Å². The molecule has 8 nitrogen and oxygen atoms in total. The third kappa shape index (κ3) is 6.10. The number of hydrogen-bond donors (Lipinski definition) is 2. The fourth-order valence-corrected chi connectivity index (χ4v) is 4.73. The SMILES string of the molecule is CCCCn1nc(SCCCCCC(=O)O)c(C(=O)O)c1Cc1cc2c(cc1Cl)OCO2. The number of aryl methyl sites for hydroxylation is 1. The van der Waals surface area contributed by atoms with Crippen molar-refractivity contribution < 1.29 is 29.3 Å². The van der Waals surface area contributed by atoms with Gasteiger partial charge in [0.15, 0.2) is 11.5 Å². The van der Waals surface area contributed by atoms with Crippen LogP contribution in [-0.2, 0) is 17.8 Å². The van der Waals surface area contributed by atoms with Crippen molar-refractivity contribution in [1.82, 2.24) is 9.78 Å². The fraction of sp³-hybridized carbons (Fsp3) is 0.500. The number of carboxylic acid groups (broad SMARTS) is 2. The zero-order valence-corrected chi connectivity index (χ0v) is 19.5. The molecule has 0 unspecified atom stereocenters. The van der Waals surface area contributed by atoms with E-state index in [1.165, 1.54) is 11.8 Å². The number of aromatic nitrogens is 2. The lowest BCUT2D eigenvalue weighted by Crippen LogP contribution is -2.09. The molecule has 0 aliphatic carbocycles. The quantitative estimate of drug-likeness (QED) is 0.300. The number of carbonyl (C=O) groups is 2. The Morgan fingerprint density at radius 3 is 2.59 bits per heavy atom. The minimum Gasteiger partial charge on any atom is -0.481 e. The van der Waals surface area contributed by atoms with Gasteiger partial charge in [-0.3, -0.25) is 9.48 Å². The number of carboxylic acids is 2. The normalized spacial score (nSPS) is 12.3. The van der Waals surface area contributed by atoms with E-state index in [0.717, 1.165) is 31.2 Å². The number of fused-ring (bicyclic) bond motifs is 1. The van der Waals surface area contributed by atoms with Crippen LogP contribution >= 0.6 is 23.4 Å². The number of benzene rings is 1. The molecule has 10 heteroatoms. The van der Waals surface area contributed by atoms with Crippen molar-refractivity contribution in [3.05, 3.63) is 34.0 Å². The summed E-state index contributed by atoms with van der Waals surface area (Å²) in [6.45, 7) is 2.83. The monoisotopic (exact) mass is 482 g/mol. The standard InChI is InChI=1S/C22H27ClN2O6S/c1-2-3-8-25-16(10-14-11-17-18(12-15(14)23)31-13-30-17)20(22(28)29)21(24-25)32-9-6-4-5-7-19(26)27/h11-12H,2-10,13H2,1H3,(H,26,27)(H,28,29). The van der Waals surface area contributed by atoms with Crippen LogP contribution in [0.15, 0.2) is 17.2 Å². The van der Waals surface area contributed by atoms with E-state index in [0.29, 0.717) is 52.4 Å². The second-order valence-corrected chi connectivity index (χ2v) is 9.03. The summed E-state index contributed by atoms with van der Waals surface area (Å²) in [5, 5.41) is 24.3. The average molecular weight is 483 g/mol. The first-order valence-corrected chi connectivity index (χ1v) is 12.0. The van der Waals surface area contributed by atoms with Crippen LogP contribution in [0.1, 0.15) is 67.1 Å². The molecule has 1 aliphatic rings. The first-order valence-electron chi connectivity index (χ1n) is 10.7. The van der Waals surface area contributed by atoms with Gasteiger partial charge in [0, 0.05) is 30.5 Å². The molecule has 1 aliphatic heterocycles. The van der Waals surface area contributed by atoms with Crippen molar-refractivity contribution in [3.8, 4) is 11.5 Å². The molecule has 0 bridgehead atoms. The lowest BCUT2D eigenvalue weighted by atomic mass is 10.1. The van der Waals surface area contributed by atoms with Crippen LogP contribution in [0.3, 0.4) is 0 Å². The Hall–Kier alpha value is -2.39. The lowest BCUT2D eigenvalue weighted by molar-refractivity contribution is -0.137. The maximum atomic E-state index is 12.2. The number of hydrogen-bond acceptors (Lipinski definition) is 6. The van der Waals surface area contributed by atoms with E-state index in [-0.39, 0.29) is 18.8 Å². The summed E-state index contributed by atoms with van der Waals surface area (Å²) < 4.78 is 12.6. The highest BCUT2D eigenvalue weighted by molar-refractivity contribution is 7.99. The van der Waals surface area contributed by atoms with Gasteiger partial charge in [0.2, 0.25) is 6.79 Å². The predicted molar refractivity (Wildman–Crippen MR) is 121 cm³/mol. The van der Waals surface area contributed by atoms with Crippen LogP contribution in [0.5, 0.6) is 11.5 Å². The smallest absolute Gasteiger partial charge is 0.340 e. The topological polar surface area (TPSA) is 111 Å². The zero-order valence-electron chi connectivity index (χ0n) is 17.9. The maximum absolute atomic E-state index is 12.2. The van der Waals surface area contributed by atoms with Gasteiger partial charge in [-0.2, -0.15) is 5.10 Å². The van der Waals surface area contributed by atoms with Crippen LogP contribution in [0, 0.1) is 0 Å². The number of unbranched alkanes of at least 4 members (excludes halogenated alkanes) is 3. The zero-order chi connectivity index (χ0) is 23.1. The Morgan fingerprint density at radius 1 is 1.16 bits per heavy atom. The van der Waals surface area contributed by atoms with Crippen LogP contribution in [0.25, 0.3) is 0 Å². The van der Waals surface area contributed by atoms with E-state index in [9.17, 15) is 14.7 Å². The summed E-state index contributed by atoms with van der Waals surface area (Å²) in [4.78, 5) is 22.8. The summed E-state index contributed by atoms with van der Waals surface area (Å²) in [5.74, 6) is 0.0301. The minimum atomic E-state index is -1.02. The summed E-state index contributed by atoms with van der Waals surface area (Å²) in [5.41, 5.74) is 1.56. The number of aliphatic carboxylic acids is 1. The maximum Gasteiger partial charge on any atom is 0.340 e. The molecule has 0 radical (unpaired) electrons. The summed E-state index contributed by atoms with van der Waals surface area (Å²) in [6, 6.07) is 3.49. The van der Waals surface area contributed by atoms with Gasteiger partial charge in [-0.05, 0) is 36.6 Å². The molecule has 1 aromatic carbocycles. The molecule has 0 amide bonds. The Morgan fingerprint density at radius 2 is 1.91 bits per heavy atom. The largest absolute Gasteiger partial charge is 0.481 e. The number of aromatic carboxylic acids is 1. The van der Waals surface area contributed by atoms with Gasteiger partial charge in [-0.1, -0.05) is 31.4 Å². The van der Waals surface area contributed by atoms with E-state index >= 15 is 0 Å². The third-order valence-corrected chi connectivity index (χ3v) is 6.54. The molecular weight excluding hydrogens is 456 g/mol. The van der Waals surface area contributed by atoms with Crippen LogP contribution in [-0.4, -0.2) is 44.5 Å². The Labute approximate surface area is 195 Å². The first kappa shape index (κ1) is 24.3. The lowest BCUT2D eigenvalue weighted by Gasteiger charge is -2.10. The third-order valence-electron chi connectivity index (χ3n) is 5.14. The number of halogens is 1. The van der Waals surface area contributed by atoms with Gasteiger partial charge in [0.25, 0.3) is 0 Å². The van der Waals surface area contributed by atoms with Crippen molar-refractivity contribution >= 4 is 35.3 Å². The van der Waals surface area contributed by atoms with Crippen molar-refractivity contribution in [1.29, 1.82) is 0 Å². The predicted octanol–water partition coefficient (Wildman–Crippen LogP) is 5.09. The molecule has 0 atom stereocenters. The van der Waals surface area contributed by atoms with Gasteiger partial charge >= 0.3 is 11.9 Å². The Bertz CT molecular complexity index is 978. The minimum absolute atomic E-state index is 0.136. The number of thioether (sulfide) groups is 1. The summed E-state index contributed by atoms with van der Waals surface area (Å²) >= 11 is 7.85. The molecule has 0 spiro atoms. The van der Waals surface area contributed by atoms with Crippen LogP contribution in [0.4, 0.5) is 0 Å². The van der Waals surface area contributed by atoms with Crippen LogP contribution in [0.2, 0.25) is 5.02 Å². The number of rotatable bonds is 13. The number of ether oxygens (including phenoxy) is 2. The molecular formula is C22H27ClN2O6S. The fourth-order valence-electron chi connectivity index (χ4n) is 3.46. The molecule has 0 fully saturated rings. The molecule has 32 heavy (non-hydrogen) atoms. The van der Waals surface area contributed by atoms with Gasteiger partial charge < -0.3 is 19.7 Å². The Kier molecular flexibility index (Phi) is 8.69. The highest BCUT2D eigenvalue weighted by Crippen LogP contribution is 2.38. The molecule has 0 saturated heterocycles. The van der Waals surface area contributed by atoms with Gasteiger partial charge in [0.05, 0.1) is 5.69 Å². The van der Waals surface area contributed by atoms with Crippen molar-refractivity contribution in [3.63, 3.8) is 0 Å². The van der Waals surface area contributed by atoms with Gasteiger partial charge in [0.1, 0.15) is 10.6 Å². The van der Waals surface area contributed by atoms with Gasteiger partial charge in [-0.25, -0.2) is 4.79 Å². The molecule has 174 valence electrons. The van der Waals surface area contributed by atoms with E-state index in [1.807, 2.05) is 0 Å². The van der Waals surface area contributed by atoms with Crippen molar-refractivity contribution in [2.45, 2.75) is 63.4 Å². The molecule has 0 saturated carbocycles. The van der Waals surface area contributed by atoms with Crippen molar-refractivity contribution in [2.24, 2.45) is 0 Å². The second kappa shape index (κ2) is 11.5. The molecule has 2 N–H and O–H groups in total. The second-order valence-electron chi connectivity index (χ2n) is 7.54. The molecule has 1 aromatic heterocycles. The number of nitrogens with zero attached hydrogens (tertiary/aromatic N) is 2. The van der Waals surface area contributed by atoms with Crippen molar-refractivity contribution in [2.75, 3.05) is 12.5 Å². The summed E-state index contributed by atoms with van der Waals surface area (Å²) in [6.07, 6.45) is 4.48. The first-order chi connectivity index (χ1) is 15.4. The van der Waals surface area contributed by atoms with E-state index in [1.54, 1.807) is 16.8 Å². The average Bonchev–Trinajstić information content (AvgIpc) is 3.33. The highest BCUT2D eigenvalue weighted by atomic mass is 35.5. The van der Waals surface area contributed by atoms with E-state index in [4.69, 9.17) is 26.2 Å². The van der Waals surface area contributed by atoms with E-state index in [2.05, 4.69) is 12.0 Å². The van der Waals surface area contributed by atoms with E-state index < -0.39 is 11.9 Å². The van der Waals surface area contributed by atoms with Gasteiger partial charge in [-0.15, -0.1) is 11.8 Å². The molecule has 2 heterocycles.